The molecule has 0 aromatic heterocycles. The first-order chi connectivity index (χ1) is 10.5. The summed E-state index contributed by atoms with van der Waals surface area (Å²) >= 11 is 0. The van der Waals surface area contributed by atoms with Crippen LogP contribution in [0.1, 0.15) is 40.5 Å². The zero-order chi connectivity index (χ0) is 17.8. The fourth-order valence-corrected chi connectivity index (χ4v) is 3.96. The second kappa shape index (κ2) is 7.81. The first-order valence-electron chi connectivity index (χ1n) is 8.38. The van der Waals surface area contributed by atoms with Crippen molar-refractivity contribution in [3.05, 3.63) is 12.7 Å². The van der Waals surface area contributed by atoms with E-state index >= 15 is 0 Å². The molecule has 1 fully saturated rings. The van der Waals surface area contributed by atoms with Gasteiger partial charge >= 0.3 is 6.09 Å². The van der Waals surface area contributed by atoms with E-state index in [-0.39, 0.29) is 29.9 Å². The van der Waals surface area contributed by atoms with Crippen molar-refractivity contribution in [1.29, 1.82) is 0 Å². The summed E-state index contributed by atoms with van der Waals surface area (Å²) in [4.78, 5) is 13.9. The molecular weight excluding hydrogens is 310 g/mol. The number of likely N-dealkylation sites (tertiary alicyclic amines) is 1. The molecule has 5 nitrogen and oxygen atoms in total. The maximum atomic E-state index is 12.2. The van der Waals surface area contributed by atoms with Gasteiger partial charge in [-0.15, -0.1) is 0 Å². The summed E-state index contributed by atoms with van der Waals surface area (Å²) in [6, 6.07) is -0.0397. The van der Waals surface area contributed by atoms with Gasteiger partial charge in [0, 0.05) is 12.6 Å². The molecule has 0 aromatic rings. The quantitative estimate of drug-likeness (QED) is 0.592. The Morgan fingerprint density at radius 2 is 2.09 bits per heavy atom. The highest BCUT2D eigenvalue weighted by atomic mass is 28.4. The van der Waals surface area contributed by atoms with Gasteiger partial charge in [-0.05, 0) is 37.9 Å². The molecule has 1 aliphatic rings. The number of hydrogen-bond donors (Lipinski definition) is 1. The standard InChI is InChI=1S/C17H33NO4Si/c1-8-9-21-16(20)18-12-15(11-14(18)10-13(2)19)22-23(6,7)17(3,4)5/h8,13-15,19H,1,9-12H2,2-7H3/t13-,14?,15?/m0/s1. The summed E-state index contributed by atoms with van der Waals surface area (Å²) in [5.41, 5.74) is 0. The molecule has 0 radical (unpaired) electrons. The SMILES string of the molecule is C=CCOC(=O)N1CC(O[Si](C)(C)C(C)(C)C)CC1C[C@H](C)O. The summed E-state index contributed by atoms with van der Waals surface area (Å²) in [5, 5.41) is 9.84. The van der Waals surface area contributed by atoms with E-state index in [4.69, 9.17) is 9.16 Å². The molecule has 1 saturated heterocycles. The maximum absolute atomic E-state index is 12.2. The minimum absolute atomic E-state index is 0.0101. The first kappa shape index (κ1) is 20.2. The fraction of sp³-hybridized carbons (Fsp3) is 0.824. The molecule has 23 heavy (non-hydrogen) atoms. The van der Waals surface area contributed by atoms with E-state index in [2.05, 4.69) is 40.4 Å². The lowest BCUT2D eigenvalue weighted by atomic mass is 10.1. The van der Waals surface area contributed by atoms with Crippen LogP contribution in [0.5, 0.6) is 0 Å². The largest absolute Gasteiger partial charge is 0.445 e. The molecule has 3 atom stereocenters. The van der Waals surface area contributed by atoms with Gasteiger partial charge in [-0.25, -0.2) is 4.79 Å². The Morgan fingerprint density at radius 1 is 1.48 bits per heavy atom. The Balaban J connectivity index is 2.79. The van der Waals surface area contributed by atoms with E-state index < -0.39 is 14.4 Å². The highest BCUT2D eigenvalue weighted by molar-refractivity contribution is 6.74. The predicted octanol–water partition coefficient (Wildman–Crippen LogP) is 3.54. The predicted molar refractivity (Wildman–Crippen MR) is 95.0 cm³/mol. The Kier molecular flexibility index (Phi) is 6.86. The van der Waals surface area contributed by atoms with Gasteiger partial charge in [0.1, 0.15) is 6.61 Å². The van der Waals surface area contributed by atoms with Crippen molar-refractivity contribution in [3.63, 3.8) is 0 Å². The molecule has 1 heterocycles. The minimum Gasteiger partial charge on any atom is -0.445 e. The number of nitrogens with zero attached hydrogens (tertiary/aromatic N) is 1. The van der Waals surface area contributed by atoms with Gasteiger partial charge in [0.15, 0.2) is 8.32 Å². The Hall–Kier alpha value is -0.853. The smallest absolute Gasteiger partial charge is 0.410 e. The van der Waals surface area contributed by atoms with E-state index in [0.29, 0.717) is 13.0 Å². The average molecular weight is 344 g/mol. The molecular formula is C17H33NO4Si. The third-order valence-electron chi connectivity index (χ3n) is 4.82. The zero-order valence-corrected chi connectivity index (χ0v) is 16.5. The van der Waals surface area contributed by atoms with Crippen LogP contribution >= 0.6 is 0 Å². The number of carbonyl (C=O) groups excluding carboxylic acids is 1. The van der Waals surface area contributed by atoms with Crippen molar-refractivity contribution in [2.24, 2.45) is 0 Å². The van der Waals surface area contributed by atoms with Crippen molar-refractivity contribution in [2.75, 3.05) is 13.2 Å². The molecule has 1 aliphatic heterocycles. The van der Waals surface area contributed by atoms with Gasteiger partial charge in [0.05, 0.1) is 12.2 Å². The lowest BCUT2D eigenvalue weighted by molar-refractivity contribution is 0.0896. The molecule has 0 aliphatic carbocycles. The van der Waals surface area contributed by atoms with Gasteiger partial charge in [0.2, 0.25) is 0 Å². The van der Waals surface area contributed by atoms with Crippen LogP contribution in [-0.2, 0) is 9.16 Å². The molecule has 0 bridgehead atoms. The van der Waals surface area contributed by atoms with Gasteiger partial charge < -0.3 is 19.2 Å². The number of aliphatic hydroxyl groups excluding tert-OH is 1. The van der Waals surface area contributed by atoms with Crippen LogP contribution < -0.4 is 0 Å². The van der Waals surface area contributed by atoms with Crippen molar-refractivity contribution in [2.45, 2.75) is 76.9 Å². The Labute approximate surface area is 141 Å². The van der Waals surface area contributed by atoms with E-state index in [9.17, 15) is 9.90 Å². The second-order valence-corrected chi connectivity index (χ2v) is 12.7. The van der Waals surface area contributed by atoms with Crippen molar-refractivity contribution in [1.82, 2.24) is 4.90 Å². The molecule has 0 spiro atoms. The summed E-state index contributed by atoms with van der Waals surface area (Å²) in [5.74, 6) is 0. The second-order valence-electron chi connectivity index (χ2n) is 7.99. The van der Waals surface area contributed by atoms with Crippen LogP contribution in [0.2, 0.25) is 18.1 Å². The number of aliphatic hydroxyl groups is 1. The topological polar surface area (TPSA) is 59.0 Å². The first-order valence-corrected chi connectivity index (χ1v) is 11.3. The number of carbonyl (C=O) groups is 1. The summed E-state index contributed by atoms with van der Waals surface area (Å²) in [7, 11) is -1.89. The van der Waals surface area contributed by atoms with Gasteiger partial charge in [-0.2, -0.15) is 0 Å². The summed E-state index contributed by atoms with van der Waals surface area (Å²) < 4.78 is 11.6. The van der Waals surface area contributed by atoms with Crippen molar-refractivity contribution < 1.29 is 19.1 Å². The van der Waals surface area contributed by atoms with Crippen LogP contribution in [0.15, 0.2) is 12.7 Å². The average Bonchev–Trinajstić information content (AvgIpc) is 2.75. The van der Waals surface area contributed by atoms with E-state index in [0.717, 1.165) is 6.42 Å². The number of amides is 1. The molecule has 1 rings (SSSR count). The summed E-state index contributed by atoms with van der Waals surface area (Å²) in [6.07, 6.45) is 2.05. The summed E-state index contributed by atoms with van der Waals surface area (Å²) in [6.45, 7) is 17.1. The molecule has 1 amide bonds. The highest BCUT2D eigenvalue weighted by Gasteiger charge is 2.44. The lowest BCUT2D eigenvalue weighted by Crippen LogP contribution is -2.44. The minimum atomic E-state index is -1.89. The lowest BCUT2D eigenvalue weighted by Gasteiger charge is -2.38. The maximum Gasteiger partial charge on any atom is 0.410 e. The van der Waals surface area contributed by atoms with E-state index in [1.165, 1.54) is 0 Å². The van der Waals surface area contributed by atoms with E-state index in [1.54, 1.807) is 17.9 Å². The van der Waals surface area contributed by atoms with Crippen molar-refractivity contribution in [3.8, 4) is 0 Å². The number of ether oxygens (including phenoxy) is 1. The monoisotopic (exact) mass is 343 g/mol. The van der Waals surface area contributed by atoms with Crippen molar-refractivity contribution >= 4 is 14.4 Å². The third-order valence-corrected chi connectivity index (χ3v) is 9.35. The van der Waals surface area contributed by atoms with Crippen LogP contribution in [0, 0.1) is 0 Å². The van der Waals surface area contributed by atoms with E-state index in [1.807, 2.05) is 0 Å². The van der Waals surface area contributed by atoms with Gasteiger partial charge in [-0.1, -0.05) is 33.4 Å². The Bertz CT molecular complexity index is 417. The molecule has 0 saturated carbocycles. The van der Waals surface area contributed by atoms with Crippen LogP contribution in [0.3, 0.4) is 0 Å². The fourth-order valence-electron chi connectivity index (χ4n) is 2.61. The third kappa shape index (κ3) is 5.62. The van der Waals surface area contributed by atoms with Crippen LogP contribution in [-0.4, -0.2) is 55.8 Å². The molecule has 134 valence electrons. The van der Waals surface area contributed by atoms with Gasteiger partial charge in [0.25, 0.3) is 0 Å². The molecule has 1 N–H and O–H groups in total. The number of rotatable bonds is 6. The highest BCUT2D eigenvalue weighted by Crippen LogP contribution is 2.39. The normalized spacial score (nSPS) is 23.7. The van der Waals surface area contributed by atoms with Crippen LogP contribution in [0.25, 0.3) is 0 Å². The molecule has 0 aromatic carbocycles. The number of hydrogen-bond acceptors (Lipinski definition) is 4. The van der Waals surface area contributed by atoms with Crippen LogP contribution in [0.4, 0.5) is 4.79 Å². The molecule has 2 unspecified atom stereocenters. The van der Waals surface area contributed by atoms with Gasteiger partial charge in [-0.3, -0.25) is 0 Å². The Morgan fingerprint density at radius 3 is 2.57 bits per heavy atom. The zero-order valence-electron chi connectivity index (χ0n) is 15.5. The molecule has 6 heteroatoms.